The number of hydrogen-bond donors (Lipinski definition) is 1. The van der Waals surface area contributed by atoms with Gasteiger partial charge in [-0.05, 0) is 35.4 Å². The summed E-state index contributed by atoms with van der Waals surface area (Å²) in [5.41, 5.74) is 1.62. The molecule has 6 heteroatoms. The third-order valence-electron chi connectivity index (χ3n) is 3.90. The molecule has 0 unspecified atom stereocenters. The molecule has 1 aromatic heterocycles. The minimum absolute atomic E-state index is 0.162. The van der Waals surface area contributed by atoms with Gasteiger partial charge in [-0.15, -0.1) is 0 Å². The van der Waals surface area contributed by atoms with E-state index >= 15 is 0 Å². The molecule has 0 radical (unpaired) electrons. The van der Waals surface area contributed by atoms with Gasteiger partial charge in [-0.1, -0.05) is 35.9 Å². The van der Waals surface area contributed by atoms with E-state index < -0.39 is 6.04 Å². The number of carbonyl (C=O) groups excluding carboxylic acids is 1. The molecule has 128 valence electrons. The summed E-state index contributed by atoms with van der Waals surface area (Å²) in [7, 11) is 1.87. The predicted molar refractivity (Wildman–Crippen MR) is 94.7 cm³/mol. The normalized spacial score (nSPS) is 12.0. The van der Waals surface area contributed by atoms with Crippen LogP contribution in [0.3, 0.4) is 0 Å². The van der Waals surface area contributed by atoms with Crippen LogP contribution in [0.25, 0.3) is 0 Å². The molecule has 0 saturated heterocycles. The highest BCUT2D eigenvalue weighted by Crippen LogP contribution is 2.22. The lowest BCUT2D eigenvalue weighted by Crippen LogP contribution is -2.32. The number of imidazole rings is 1. The topological polar surface area (TPSA) is 46.9 Å². The summed E-state index contributed by atoms with van der Waals surface area (Å²) in [4.78, 5) is 16.8. The molecule has 0 aliphatic rings. The van der Waals surface area contributed by atoms with Crippen LogP contribution in [0.5, 0.6) is 0 Å². The van der Waals surface area contributed by atoms with Gasteiger partial charge in [0.15, 0.2) is 0 Å². The number of hydrogen-bond acceptors (Lipinski definition) is 2. The van der Waals surface area contributed by atoms with Crippen molar-refractivity contribution in [2.75, 3.05) is 0 Å². The van der Waals surface area contributed by atoms with Gasteiger partial charge in [0.05, 0.1) is 6.42 Å². The van der Waals surface area contributed by atoms with Crippen molar-refractivity contribution in [2.45, 2.75) is 12.5 Å². The monoisotopic (exact) mass is 357 g/mol. The Labute approximate surface area is 150 Å². The first-order valence-electron chi connectivity index (χ1n) is 7.79. The Balaban J connectivity index is 1.82. The molecule has 1 N–H and O–H groups in total. The Bertz CT molecular complexity index is 859. The van der Waals surface area contributed by atoms with E-state index in [0.717, 1.165) is 17.0 Å². The fourth-order valence-corrected chi connectivity index (χ4v) is 2.73. The van der Waals surface area contributed by atoms with Crippen LogP contribution in [0.4, 0.5) is 4.39 Å². The molecular weight excluding hydrogens is 341 g/mol. The van der Waals surface area contributed by atoms with Gasteiger partial charge in [0.2, 0.25) is 5.91 Å². The first-order chi connectivity index (χ1) is 12.0. The Morgan fingerprint density at radius 2 is 1.88 bits per heavy atom. The summed E-state index contributed by atoms with van der Waals surface area (Å²) in [6.07, 6.45) is 3.67. The Hall–Kier alpha value is -2.66. The van der Waals surface area contributed by atoms with Crippen LogP contribution in [0.1, 0.15) is 23.0 Å². The molecule has 0 fully saturated rings. The Kier molecular flexibility index (Phi) is 5.14. The number of carbonyl (C=O) groups is 1. The summed E-state index contributed by atoms with van der Waals surface area (Å²) in [6, 6.07) is 12.8. The molecule has 25 heavy (non-hydrogen) atoms. The molecule has 2 aromatic carbocycles. The lowest BCUT2D eigenvalue weighted by atomic mass is 10.1. The van der Waals surface area contributed by atoms with Crippen molar-refractivity contribution >= 4 is 17.5 Å². The van der Waals surface area contributed by atoms with Gasteiger partial charge in [0, 0.05) is 24.5 Å². The molecule has 1 heterocycles. The second kappa shape index (κ2) is 7.49. The Morgan fingerprint density at radius 3 is 2.48 bits per heavy atom. The highest BCUT2D eigenvalue weighted by Gasteiger charge is 2.20. The molecule has 3 rings (SSSR count). The summed E-state index contributed by atoms with van der Waals surface area (Å²) in [6.45, 7) is 0. The van der Waals surface area contributed by atoms with E-state index in [2.05, 4.69) is 10.3 Å². The SMILES string of the molecule is Cn1ccnc1[C@H](NC(=O)Cc1ccc(F)cc1)c1ccc(Cl)cc1. The van der Waals surface area contributed by atoms with Gasteiger partial charge in [-0.2, -0.15) is 0 Å². The molecule has 1 atom stereocenters. The predicted octanol–water partition coefficient (Wildman–Crippen LogP) is 3.66. The van der Waals surface area contributed by atoms with Crippen molar-refractivity contribution in [3.05, 3.63) is 88.7 Å². The van der Waals surface area contributed by atoms with Crippen molar-refractivity contribution in [3.8, 4) is 0 Å². The van der Waals surface area contributed by atoms with E-state index in [1.54, 1.807) is 30.5 Å². The van der Waals surface area contributed by atoms with Crippen molar-refractivity contribution < 1.29 is 9.18 Å². The van der Waals surface area contributed by atoms with Crippen LogP contribution in [0.15, 0.2) is 60.9 Å². The zero-order valence-electron chi connectivity index (χ0n) is 13.6. The number of amides is 1. The lowest BCUT2D eigenvalue weighted by molar-refractivity contribution is -0.121. The van der Waals surface area contributed by atoms with E-state index in [1.165, 1.54) is 12.1 Å². The maximum Gasteiger partial charge on any atom is 0.225 e. The molecule has 1 amide bonds. The highest BCUT2D eigenvalue weighted by molar-refractivity contribution is 6.30. The van der Waals surface area contributed by atoms with Crippen LogP contribution in [0.2, 0.25) is 5.02 Å². The zero-order chi connectivity index (χ0) is 17.8. The minimum Gasteiger partial charge on any atom is -0.342 e. The second-order valence-corrected chi connectivity index (χ2v) is 6.19. The average Bonchev–Trinajstić information content (AvgIpc) is 3.01. The molecule has 0 aliphatic heterocycles. The van der Waals surface area contributed by atoms with Crippen LogP contribution < -0.4 is 5.32 Å². The van der Waals surface area contributed by atoms with Gasteiger partial charge >= 0.3 is 0 Å². The number of nitrogens with zero attached hydrogens (tertiary/aromatic N) is 2. The summed E-state index contributed by atoms with van der Waals surface area (Å²) >= 11 is 5.96. The maximum absolute atomic E-state index is 13.0. The fourth-order valence-electron chi connectivity index (χ4n) is 2.61. The van der Waals surface area contributed by atoms with Crippen molar-refractivity contribution in [2.24, 2.45) is 7.05 Å². The standard InChI is InChI=1S/C19H17ClFN3O/c1-24-11-10-22-19(24)18(14-4-6-15(20)7-5-14)23-17(25)12-13-2-8-16(21)9-3-13/h2-11,18H,12H2,1H3,(H,23,25)/t18-/m1/s1. The molecule has 3 aromatic rings. The maximum atomic E-state index is 13.0. The van der Waals surface area contributed by atoms with Gasteiger partial charge in [-0.25, -0.2) is 9.37 Å². The summed E-state index contributed by atoms with van der Waals surface area (Å²) in [5.74, 6) is 0.223. The first-order valence-corrected chi connectivity index (χ1v) is 8.17. The van der Waals surface area contributed by atoms with Gasteiger partial charge in [0.25, 0.3) is 0 Å². The Morgan fingerprint density at radius 1 is 1.20 bits per heavy atom. The number of aryl methyl sites for hydroxylation is 1. The van der Waals surface area contributed by atoms with Gasteiger partial charge in [-0.3, -0.25) is 4.79 Å². The molecule has 0 bridgehead atoms. The number of benzene rings is 2. The smallest absolute Gasteiger partial charge is 0.225 e. The molecule has 0 aliphatic carbocycles. The van der Waals surface area contributed by atoms with Gasteiger partial charge < -0.3 is 9.88 Å². The van der Waals surface area contributed by atoms with Crippen LogP contribution in [-0.4, -0.2) is 15.5 Å². The van der Waals surface area contributed by atoms with Crippen LogP contribution in [-0.2, 0) is 18.3 Å². The number of nitrogens with one attached hydrogen (secondary N) is 1. The van der Waals surface area contributed by atoms with Gasteiger partial charge in [0.1, 0.15) is 17.7 Å². The van der Waals surface area contributed by atoms with Crippen LogP contribution >= 0.6 is 11.6 Å². The first kappa shape index (κ1) is 17.2. The third kappa shape index (κ3) is 4.25. The average molecular weight is 358 g/mol. The fraction of sp³-hybridized carbons (Fsp3) is 0.158. The van der Waals surface area contributed by atoms with Crippen molar-refractivity contribution in [1.29, 1.82) is 0 Å². The summed E-state index contributed by atoms with van der Waals surface area (Å²) in [5, 5.41) is 3.62. The number of rotatable bonds is 5. The molecule has 0 saturated carbocycles. The minimum atomic E-state index is -0.398. The lowest BCUT2D eigenvalue weighted by Gasteiger charge is -2.19. The number of halogens is 2. The van der Waals surface area contributed by atoms with E-state index in [-0.39, 0.29) is 18.1 Å². The zero-order valence-corrected chi connectivity index (χ0v) is 14.4. The van der Waals surface area contributed by atoms with Crippen molar-refractivity contribution in [1.82, 2.24) is 14.9 Å². The number of aromatic nitrogens is 2. The highest BCUT2D eigenvalue weighted by atomic mass is 35.5. The quantitative estimate of drug-likeness (QED) is 0.757. The van der Waals surface area contributed by atoms with Crippen LogP contribution in [0, 0.1) is 5.82 Å². The largest absolute Gasteiger partial charge is 0.342 e. The van der Waals surface area contributed by atoms with E-state index in [0.29, 0.717) is 5.02 Å². The molecular formula is C19H17ClFN3O. The van der Waals surface area contributed by atoms with E-state index in [4.69, 9.17) is 11.6 Å². The van der Waals surface area contributed by atoms with E-state index in [1.807, 2.05) is 29.9 Å². The second-order valence-electron chi connectivity index (χ2n) is 5.75. The molecule has 4 nitrogen and oxygen atoms in total. The molecule has 0 spiro atoms. The van der Waals surface area contributed by atoms with E-state index in [9.17, 15) is 9.18 Å². The van der Waals surface area contributed by atoms with Crippen molar-refractivity contribution in [3.63, 3.8) is 0 Å². The third-order valence-corrected chi connectivity index (χ3v) is 4.16. The summed E-state index contributed by atoms with van der Waals surface area (Å²) < 4.78 is 14.9.